The molecular weight excluding hydrogens is 262 g/mol. The third kappa shape index (κ3) is 3.12. The molecule has 112 valence electrons. The van der Waals surface area contributed by atoms with Crippen molar-refractivity contribution >= 4 is 16.9 Å². The first kappa shape index (κ1) is 14.2. The van der Waals surface area contributed by atoms with Crippen LogP contribution in [0.25, 0.3) is 10.9 Å². The van der Waals surface area contributed by atoms with E-state index in [2.05, 4.69) is 35.0 Å². The first-order chi connectivity index (χ1) is 10.1. The van der Waals surface area contributed by atoms with Crippen molar-refractivity contribution < 1.29 is 9.90 Å². The van der Waals surface area contributed by atoms with Gasteiger partial charge in [-0.15, -0.1) is 0 Å². The average molecular weight is 285 g/mol. The number of benzene rings is 1. The summed E-state index contributed by atoms with van der Waals surface area (Å²) in [6.07, 6.45) is 8.23. The third-order valence-electron chi connectivity index (χ3n) is 4.73. The lowest BCUT2D eigenvalue weighted by molar-refractivity contribution is -0.141. The molecule has 1 unspecified atom stereocenters. The molecule has 3 heteroatoms. The summed E-state index contributed by atoms with van der Waals surface area (Å²) >= 11 is 0. The quantitative estimate of drug-likeness (QED) is 0.899. The maximum atomic E-state index is 11.0. The minimum atomic E-state index is -0.728. The Morgan fingerprint density at radius 3 is 2.81 bits per heavy atom. The number of carboxylic acids is 1. The summed E-state index contributed by atoms with van der Waals surface area (Å²) in [4.78, 5) is 11.0. The van der Waals surface area contributed by atoms with Crippen molar-refractivity contribution in [3.63, 3.8) is 0 Å². The van der Waals surface area contributed by atoms with Gasteiger partial charge in [-0.2, -0.15) is 0 Å². The Balaban J connectivity index is 1.78. The summed E-state index contributed by atoms with van der Waals surface area (Å²) in [7, 11) is 0. The van der Waals surface area contributed by atoms with Gasteiger partial charge in [-0.25, -0.2) is 0 Å². The summed E-state index contributed by atoms with van der Waals surface area (Å²) in [5, 5.41) is 10.2. The number of aromatic nitrogens is 1. The van der Waals surface area contributed by atoms with E-state index in [0.717, 1.165) is 18.0 Å². The summed E-state index contributed by atoms with van der Waals surface area (Å²) in [6, 6.07) is 8.51. The van der Waals surface area contributed by atoms with Gasteiger partial charge in [-0.1, -0.05) is 25.8 Å². The lowest BCUT2D eigenvalue weighted by Gasteiger charge is -2.12. The lowest BCUT2D eigenvalue weighted by atomic mass is 10.0. The molecule has 1 N–H and O–H groups in total. The normalized spacial score (nSPS) is 17.4. The van der Waals surface area contributed by atoms with Gasteiger partial charge in [-0.3, -0.25) is 4.79 Å². The molecule has 2 aromatic rings. The smallest absolute Gasteiger partial charge is 0.306 e. The Labute approximate surface area is 125 Å². The molecule has 0 amide bonds. The molecule has 1 fully saturated rings. The van der Waals surface area contributed by atoms with Gasteiger partial charge in [0.25, 0.3) is 0 Å². The number of carboxylic acid groups (broad SMARTS) is 1. The van der Waals surface area contributed by atoms with E-state index >= 15 is 0 Å². The van der Waals surface area contributed by atoms with Crippen molar-refractivity contribution in [1.82, 2.24) is 4.57 Å². The molecule has 1 aromatic heterocycles. The summed E-state index contributed by atoms with van der Waals surface area (Å²) in [5.41, 5.74) is 2.38. The Morgan fingerprint density at radius 1 is 1.33 bits per heavy atom. The van der Waals surface area contributed by atoms with Gasteiger partial charge in [0.1, 0.15) is 0 Å². The first-order valence-electron chi connectivity index (χ1n) is 7.94. The van der Waals surface area contributed by atoms with Crippen molar-refractivity contribution in [2.24, 2.45) is 11.8 Å². The number of aliphatic carboxylic acids is 1. The van der Waals surface area contributed by atoms with Crippen LogP contribution in [0.3, 0.4) is 0 Å². The Kier molecular flexibility index (Phi) is 4.00. The van der Waals surface area contributed by atoms with E-state index in [4.69, 9.17) is 5.11 Å². The van der Waals surface area contributed by atoms with Crippen LogP contribution in [0.1, 0.15) is 38.2 Å². The molecule has 0 saturated heterocycles. The van der Waals surface area contributed by atoms with Crippen LogP contribution >= 0.6 is 0 Å². The molecule has 3 nitrogen and oxygen atoms in total. The van der Waals surface area contributed by atoms with Crippen LogP contribution in [-0.4, -0.2) is 15.6 Å². The van der Waals surface area contributed by atoms with Gasteiger partial charge >= 0.3 is 5.97 Å². The molecule has 0 radical (unpaired) electrons. The van der Waals surface area contributed by atoms with Crippen LogP contribution in [-0.2, 0) is 17.8 Å². The third-order valence-corrected chi connectivity index (χ3v) is 4.73. The molecular formula is C18H23NO2. The fraction of sp³-hybridized carbons (Fsp3) is 0.500. The molecule has 1 heterocycles. The topological polar surface area (TPSA) is 42.2 Å². The minimum Gasteiger partial charge on any atom is -0.481 e. The Morgan fingerprint density at radius 2 is 2.10 bits per heavy atom. The zero-order valence-electron chi connectivity index (χ0n) is 12.6. The lowest BCUT2D eigenvalue weighted by Crippen LogP contribution is -2.12. The number of nitrogens with zero attached hydrogens (tertiary/aromatic N) is 1. The number of carbonyl (C=O) groups is 1. The second-order valence-corrected chi connectivity index (χ2v) is 6.46. The fourth-order valence-corrected chi connectivity index (χ4v) is 3.45. The molecule has 3 rings (SSSR count). The van der Waals surface area contributed by atoms with Gasteiger partial charge in [0, 0.05) is 18.3 Å². The zero-order chi connectivity index (χ0) is 14.8. The van der Waals surface area contributed by atoms with E-state index in [1.54, 1.807) is 6.92 Å². The van der Waals surface area contributed by atoms with Crippen LogP contribution in [0.4, 0.5) is 0 Å². The van der Waals surface area contributed by atoms with E-state index in [1.807, 2.05) is 0 Å². The van der Waals surface area contributed by atoms with Crippen molar-refractivity contribution in [3.8, 4) is 0 Å². The number of rotatable bonds is 5. The highest BCUT2D eigenvalue weighted by Crippen LogP contribution is 2.28. The molecule has 1 aliphatic rings. The SMILES string of the molecule is CC(Cc1ccc2c(ccn2CC2CCCC2)c1)C(=O)O. The minimum absolute atomic E-state index is 0.331. The van der Waals surface area contributed by atoms with E-state index in [0.29, 0.717) is 6.42 Å². The Bertz CT molecular complexity index is 638. The molecule has 1 saturated carbocycles. The first-order valence-corrected chi connectivity index (χ1v) is 7.94. The van der Waals surface area contributed by atoms with Gasteiger partial charge in [-0.05, 0) is 54.3 Å². The highest BCUT2D eigenvalue weighted by molar-refractivity contribution is 5.81. The molecule has 21 heavy (non-hydrogen) atoms. The van der Waals surface area contributed by atoms with Gasteiger partial charge in [0.05, 0.1) is 5.92 Å². The summed E-state index contributed by atoms with van der Waals surface area (Å²) in [5.74, 6) is -0.232. The van der Waals surface area contributed by atoms with Crippen molar-refractivity contribution in [3.05, 3.63) is 36.0 Å². The van der Waals surface area contributed by atoms with Crippen molar-refractivity contribution in [2.75, 3.05) is 0 Å². The van der Waals surface area contributed by atoms with Gasteiger partial charge in [0.2, 0.25) is 0 Å². The number of fused-ring (bicyclic) bond motifs is 1. The number of hydrogen-bond acceptors (Lipinski definition) is 1. The summed E-state index contributed by atoms with van der Waals surface area (Å²) in [6.45, 7) is 2.88. The van der Waals surface area contributed by atoms with Crippen LogP contribution in [0, 0.1) is 11.8 Å². The van der Waals surface area contributed by atoms with Crippen molar-refractivity contribution in [2.45, 2.75) is 45.6 Å². The fourth-order valence-electron chi connectivity index (χ4n) is 3.45. The highest BCUT2D eigenvalue weighted by atomic mass is 16.4. The maximum absolute atomic E-state index is 11.0. The van der Waals surface area contributed by atoms with E-state index < -0.39 is 5.97 Å². The molecule has 1 atom stereocenters. The van der Waals surface area contributed by atoms with Gasteiger partial charge < -0.3 is 9.67 Å². The van der Waals surface area contributed by atoms with Crippen LogP contribution < -0.4 is 0 Å². The highest BCUT2D eigenvalue weighted by Gasteiger charge is 2.16. The molecule has 1 aliphatic carbocycles. The van der Waals surface area contributed by atoms with E-state index in [-0.39, 0.29) is 5.92 Å². The van der Waals surface area contributed by atoms with Crippen LogP contribution in [0.2, 0.25) is 0 Å². The van der Waals surface area contributed by atoms with E-state index in [1.165, 1.54) is 36.6 Å². The largest absolute Gasteiger partial charge is 0.481 e. The second-order valence-electron chi connectivity index (χ2n) is 6.46. The molecule has 0 bridgehead atoms. The monoisotopic (exact) mass is 285 g/mol. The number of hydrogen-bond donors (Lipinski definition) is 1. The molecule has 0 spiro atoms. The molecule has 1 aromatic carbocycles. The average Bonchev–Trinajstić information content (AvgIpc) is 3.09. The van der Waals surface area contributed by atoms with Gasteiger partial charge in [0.15, 0.2) is 0 Å². The predicted octanol–water partition coefficient (Wildman–Crippen LogP) is 4.09. The second kappa shape index (κ2) is 5.92. The van der Waals surface area contributed by atoms with E-state index in [9.17, 15) is 4.79 Å². The summed E-state index contributed by atoms with van der Waals surface area (Å²) < 4.78 is 2.36. The molecule has 0 aliphatic heterocycles. The van der Waals surface area contributed by atoms with Crippen LogP contribution in [0.5, 0.6) is 0 Å². The zero-order valence-corrected chi connectivity index (χ0v) is 12.6. The predicted molar refractivity (Wildman–Crippen MR) is 84.4 cm³/mol. The standard InChI is InChI=1S/C18H23NO2/c1-13(18(20)21)10-15-6-7-17-16(11-15)8-9-19(17)12-14-4-2-3-5-14/h6-9,11,13-14H,2-5,10,12H2,1H3,(H,20,21). The maximum Gasteiger partial charge on any atom is 0.306 e. The Hall–Kier alpha value is -1.77. The van der Waals surface area contributed by atoms with Crippen molar-refractivity contribution in [1.29, 1.82) is 0 Å². The van der Waals surface area contributed by atoms with Crippen LogP contribution in [0.15, 0.2) is 30.5 Å².